The minimum absolute atomic E-state index is 0.559. The molecule has 0 bridgehead atoms. The number of pyridine rings is 2. The first kappa shape index (κ1) is 29.7. The van der Waals surface area contributed by atoms with Gasteiger partial charge in [0, 0.05) is 59.0 Å². The molecule has 0 saturated heterocycles. The Morgan fingerprint density at radius 3 is 2.61 bits per heavy atom. The molecule has 0 unspecified atom stereocenters. The van der Waals surface area contributed by atoms with Gasteiger partial charge in [0.25, 0.3) is 0 Å². The van der Waals surface area contributed by atoms with Gasteiger partial charge in [-0.15, -0.1) is 0 Å². The van der Waals surface area contributed by atoms with Crippen molar-refractivity contribution in [1.82, 2.24) is 24.3 Å². The number of carbonyl (C=O) groups is 1. The van der Waals surface area contributed by atoms with Gasteiger partial charge in [0.05, 0.1) is 35.3 Å². The lowest BCUT2D eigenvalue weighted by molar-refractivity contribution is -0.160. The number of aryl methyl sites for hydroxylation is 4. The zero-order chi connectivity index (χ0) is 32.3. The fraction of sp³-hybridized carbons (Fsp3) is 0.297. The van der Waals surface area contributed by atoms with Crippen LogP contribution in [-0.4, -0.2) is 47.6 Å². The van der Waals surface area contributed by atoms with Gasteiger partial charge in [0.15, 0.2) is 6.10 Å². The molecule has 1 atom stereocenters. The maximum Gasteiger partial charge on any atom is 0.337 e. The third kappa shape index (κ3) is 5.20. The van der Waals surface area contributed by atoms with Gasteiger partial charge in [-0.3, -0.25) is 9.67 Å². The summed E-state index contributed by atoms with van der Waals surface area (Å²) >= 11 is 0. The number of carboxylic acid groups (broad SMARTS) is 1. The first-order valence-electron chi connectivity index (χ1n) is 15.5. The molecule has 1 aliphatic heterocycles. The van der Waals surface area contributed by atoms with E-state index in [0.29, 0.717) is 17.9 Å². The van der Waals surface area contributed by atoms with Crippen LogP contribution in [0.2, 0.25) is 0 Å². The molecule has 6 aromatic rings. The van der Waals surface area contributed by atoms with Gasteiger partial charge in [-0.05, 0) is 94.1 Å². The molecular weight excluding hydrogens is 578 g/mol. The van der Waals surface area contributed by atoms with Crippen molar-refractivity contribution in [3.8, 4) is 39.4 Å². The van der Waals surface area contributed by atoms with E-state index in [4.69, 9.17) is 19.4 Å². The zero-order valence-electron chi connectivity index (χ0n) is 27.0. The average molecular weight is 616 g/mol. The molecule has 7 rings (SSSR count). The third-order valence-electron chi connectivity index (χ3n) is 8.66. The van der Waals surface area contributed by atoms with Gasteiger partial charge in [-0.1, -0.05) is 12.1 Å². The van der Waals surface area contributed by atoms with E-state index in [9.17, 15) is 9.90 Å². The summed E-state index contributed by atoms with van der Waals surface area (Å²) in [4.78, 5) is 22.6. The summed E-state index contributed by atoms with van der Waals surface area (Å²) in [5.41, 5.74) is 8.89. The molecule has 234 valence electrons. The number of aromatic nitrogens is 5. The Morgan fingerprint density at radius 1 is 1.02 bits per heavy atom. The lowest BCUT2D eigenvalue weighted by Crippen LogP contribution is -2.28. The van der Waals surface area contributed by atoms with Crippen molar-refractivity contribution in [3.05, 3.63) is 83.8 Å². The normalized spacial score (nSPS) is 14.0. The first-order chi connectivity index (χ1) is 22.0. The van der Waals surface area contributed by atoms with Crippen LogP contribution in [-0.2, 0) is 30.0 Å². The summed E-state index contributed by atoms with van der Waals surface area (Å²) in [5, 5.41) is 16.8. The quantitative estimate of drug-likeness (QED) is 0.208. The van der Waals surface area contributed by atoms with Crippen LogP contribution in [0.5, 0.6) is 5.75 Å². The van der Waals surface area contributed by atoms with E-state index in [0.717, 1.165) is 79.7 Å². The molecule has 0 spiro atoms. The van der Waals surface area contributed by atoms with Crippen LogP contribution in [0.4, 0.5) is 0 Å². The summed E-state index contributed by atoms with van der Waals surface area (Å²) in [6, 6.07) is 18.6. The van der Waals surface area contributed by atoms with Crippen LogP contribution < -0.4 is 4.74 Å². The molecule has 0 fully saturated rings. The van der Waals surface area contributed by atoms with E-state index >= 15 is 0 Å². The molecule has 9 nitrogen and oxygen atoms in total. The Bertz CT molecular complexity index is 2150. The van der Waals surface area contributed by atoms with E-state index < -0.39 is 17.7 Å². The van der Waals surface area contributed by atoms with Crippen LogP contribution >= 0.6 is 0 Å². The van der Waals surface area contributed by atoms with Gasteiger partial charge >= 0.3 is 5.97 Å². The highest BCUT2D eigenvalue weighted by molar-refractivity contribution is 6.00. The van der Waals surface area contributed by atoms with Crippen LogP contribution in [0.15, 0.2) is 67.0 Å². The second kappa shape index (κ2) is 11.1. The van der Waals surface area contributed by atoms with Crippen molar-refractivity contribution in [3.63, 3.8) is 0 Å². The lowest BCUT2D eigenvalue weighted by Gasteiger charge is -2.28. The second-order valence-corrected chi connectivity index (χ2v) is 13.0. The number of aliphatic carboxylic acids is 1. The van der Waals surface area contributed by atoms with Gasteiger partial charge in [-0.25, -0.2) is 9.78 Å². The summed E-state index contributed by atoms with van der Waals surface area (Å²) < 4.78 is 16.1. The average Bonchev–Trinajstić information content (AvgIpc) is 3.57. The number of hydrogen-bond donors (Lipinski definition) is 1. The highest BCUT2D eigenvalue weighted by Gasteiger charge is 2.33. The largest absolute Gasteiger partial charge is 0.493 e. The zero-order valence-corrected chi connectivity index (χ0v) is 27.0. The smallest absolute Gasteiger partial charge is 0.337 e. The highest BCUT2D eigenvalue weighted by atomic mass is 16.5. The number of ether oxygens (including phenoxy) is 2. The standard InChI is InChI=1S/C37H37N5O4/c1-21-32(34(36(43)44)46-37(2,3)4)33(25-10-12-31-24(17-25)8-7-15-45-31)27-19-30(41(5)35(27)40-21)23-13-14-38-28(18-23)22-9-11-29-26(16-22)20-39-42(29)6/h9-14,16-20,34H,7-8,15H2,1-6H3,(H,43,44)/t34-/m0/s1. The first-order valence-corrected chi connectivity index (χ1v) is 15.5. The van der Waals surface area contributed by atoms with Gasteiger partial charge in [0.2, 0.25) is 0 Å². The number of fused-ring (bicyclic) bond motifs is 3. The number of hydrogen-bond acceptors (Lipinski definition) is 6. The van der Waals surface area contributed by atoms with Crippen LogP contribution in [0.25, 0.3) is 55.6 Å². The summed E-state index contributed by atoms with van der Waals surface area (Å²) in [6.45, 7) is 8.17. The number of rotatable bonds is 6. The van der Waals surface area contributed by atoms with Crippen molar-refractivity contribution >= 4 is 27.9 Å². The molecule has 0 radical (unpaired) electrons. The predicted molar refractivity (Wildman–Crippen MR) is 179 cm³/mol. The van der Waals surface area contributed by atoms with Gasteiger partial charge in [0.1, 0.15) is 11.4 Å². The molecule has 0 aliphatic carbocycles. The Balaban J connectivity index is 1.44. The maximum atomic E-state index is 12.8. The van der Waals surface area contributed by atoms with E-state index in [1.807, 2.05) is 77.1 Å². The Kier molecular flexibility index (Phi) is 7.16. The predicted octanol–water partition coefficient (Wildman–Crippen LogP) is 7.43. The number of carboxylic acids is 1. The topological polar surface area (TPSA) is 104 Å². The van der Waals surface area contributed by atoms with Crippen molar-refractivity contribution in [1.29, 1.82) is 0 Å². The van der Waals surface area contributed by atoms with Crippen LogP contribution in [0, 0.1) is 6.92 Å². The van der Waals surface area contributed by atoms with Crippen LogP contribution in [0.3, 0.4) is 0 Å². The van der Waals surface area contributed by atoms with Crippen LogP contribution in [0.1, 0.15) is 50.1 Å². The minimum atomic E-state index is -1.21. The molecule has 46 heavy (non-hydrogen) atoms. The maximum absolute atomic E-state index is 12.8. The summed E-state index contributed by atoms with van der Waals surface area (Å²) in [7, 11) is 3.93. The molecule has 0 amide bonds. The third-order valence-corrected chi connectivity index (χ3v) is 8.66. The van der Waals surface area contributed by atoms with Crippen molar-refractivity contribution in [2.45, 2.75) is 52.2 Å². The van der Waals surface area contributed by atoms with E-state index in [1.165, 1.54) is 0 Å². The molecule has 2 aromatic carbocycles. The molecule has 0 saturated carbocycles. The monoisotopic (exact) mass is 615 g/mol. The van der Waals surface area contributed by atoms with Crippen molar-refractivity contribution in [2.75, 3.05) is 6.61 Å². The molecule has 1 aliphatic rings. The van der Waals surface area contributed by atoms with Gasteiger partial charge < -0.3 is 19.1 Å². The SMILES string of the molecule is Cc1nc2c(cc(-c3ccnc(-c4ccc5c(cnn5C)c4)c3)n2C)c(-c2ccc3c(c2)CCCO3)c1[C@H](OC(C)(C)C)C(=O)O. The van der Waals surface area contributed by atoms with Gasteiger partial charge in [-0.2, -0.15) is 5.10 Å². The molecule has 9 heteroatoms. The number of benzene rings is 2. The molecule has 1 N–H and O–H groups in total. The summed E-state index contributed by atoms with van der Waals surface area (Å²) in [6.07, 6.45) is 4.31. The lowest BCUT2D eigenvalue weighted by atomic mass is 9.90. The highest BCUT2D eigenvalue weighted by Crippen LogP contribution is 2.43. The fourth-order valence-corrected chi connectivity index (χ4v) is 6.54. The number of nitrogens with zero attached hydrogens (tertiary/aromatic N) is 5. The second-order valence-electron chi connectivity index (χ2n) is 13.0. The Morgan fingerprint density at radius 2 is 1.83 bits per heavy atom. The Labute approximate surface area is 267 Å². The van der Waals surface area contributed by atoms with Crippen molar-refractivity contribution in [2.24, 2.45) is 14.1 Å². The van der Waals surface area contributed by atoms with Crippen molar-refractivity contribution < 1.29 is 19.4 Å². The van der Waals surface area contributed by atoms with E-state index in [2.05, 4.69) is 46.1 Å². The molecular formula is C37H37N5O4. The fourth-order valence-electron chi connectivity index (χ4n) is 6.54. The molecule has 5 heterocycles. The van der Waals surface area contributed by atoms with E-state index in [1.54, 1.807) is 0 Å². The van der Waals surface area contributed by atoms with E-state index in [-0.39, 0.29) is 0 Å². The minimum Gasteiger partial charge on any atom is -0.493 e. The Hall–Kier alpha value is -5.02. The molecule has 4 aromatic heterocycles. The summed E-state index contributed by atoms with van der Waals surface area (Å²) in [5.74, 6) is -0.177.